The predicted octanol–water partition coefficient (Wildman–Crippen LogP) is 2.80. The zero-order valence-corrected chi connectivity index (χ0v) is 16.6. The van der Waals surface area contributed by atoms with Gasteiger partial charge in [-0.2, -0.15) is 4.98 Å². The number of nitrogen functional groups attached to an aromatic ring is 1. The maximum atomic E-state index is 8.64. The number of rotatable bonds is 6. The normalized spacial score (nSPS) is 14.1. The highest BCUT2D eigenvalue weighted by atomic mass is 16.5. The summed E-state index contributed by atoms with van der Waals surface area (Å²) in [6, 6.07) is 5.39. The molecule has 9 heteroatoms. The fraction of sp³-hybridized carbons (Fsp3) is 0.350. The number of ether oxygens (including phenoxy) is 1. The third-order valence-electron chi connectivity index (χ3n) is 4.67. The third-order valence-corrected chi connectivity index (χ3v) is 4.67. The molecule has 0 spiro atoms. The van der Waals surface area contributed by atoms with Gasteiger partial charge in [0.1, 0.15) is 5.82 Å². The molecule has 29 heavy (non-hydrogen) atoms. The van der Waals surface area contributed by atoms with Gasteiger partial charge in [-0.3, -0.25) is 5.41 Å². The smallest absolute Gasteiger partial charge is 0.233 e. The van der Waals surface area contributed by atoms with E-state index in [2.05, 4.69) is 25.0 Å². The van der Waals surface area contributed by atoms with Crippen molar-refractivity contribution in [3.05, 3.63) is 53.4 Å². The number of pyridine rings is 2. The summed E-state index contributed by atoms with van der Waals surface area (Å²) in [5, 5.41) is 12.5. The molecule has 0 unspecified atom stereocenters. The van der Waals surface area contributed by atoms with Crippen LogP contribution in [0.25, 0.3) is 0 Å². The molecule has 1 aliphatic heterocycles. The largest absolute Gasteiger partial charge is 0.475 e. The van der Waals surface area contributed by atoms with Gasteiger partial charge in [0.2, 0.25) is 11.8 Å². The quantitative estimate of drug-likeness (QED) is 0.610. The van der Waals surface area contributed by atoms with E-state index in [0.29, 0.717) is 34.6 Å². The molecule has 0 aromatic carbocycles. The highest BCUT2D eigenvalue weighted by Crippen LogP contribution is 2.30. The molecular weight excluding hydrogens is 370 g/mol. The number of nitrogens with one attached hydrogen (secondary N) is 1. The third kappa shape index (κ3) is 3.89. The zero-order chi connectivity index (χ0) is 20.5. The fourth-order valence-electron chi connectivity index (χ4n) is 3.17. The van der Waals surface area contributed by atoms with E-state index in [1.165, 1.54) is 6.20 Å². The Bertz CT molecular complexity index is 1050. The van der Waals surface area contributed by atoms with E-state index in [-0.39, 0.29) is 13.4 Å². The Balaban J connectivity index is 0.00000256. The summed E-state index contributed by atoms with van der Waals surface area (Å²) in [6.07, 6.45) is 3.21. The van der Waals surface area contributed by atoms with Crippen LogP contribution in [0.5, 0.6) is 5.88 Å². The van der Waals surface area contributed by atoms with Crippen molar-refractivity contribution in [1.82, 2.24) is 20.1 Å². The molecule has 0 saturated carbocycles. The highest BCUT2D eigenvalue weighted by Gasteiger charge is 2.33. The number of nitrogens with zero attached hydrogens (tertiary/aromatic N) is 5. The number of nitrogens with two attached hydrogens (primary N) is 1. The Hall–Kier alpha value is -3.49. The summed E-state index contributed by atoms with van der Waals surface area (Å²) in [6.45, 7) is 7.15. The first-order valence-electron chi connectivity index (χ1n) is 9.43. The van der Waals surface area contributed by atoms with Crippen molar-refractivity contribution in [1.29, 1.82) is 5.41 Å². The van der Waals surface area contributed by atoms with Crippen LogP contribution in [0, 0.1) is 12.3 Å². The van der Waals surface area contributed by atoms with Crippen LogP contribution in [0.15, 0.2) is 35.1 Å². The second-order valence-electron chi connectivity index (χ2n) is 7.34. The average molecular weight is 395 g/mol. The molecule has 0 bridgehead atoms. The number of aromatic nitrogens is 4. The Labute approximate surface area is 169 Å². The molecule has 4 heterocycles. The topological polar surface area (TPSA) is 127 Å². The van der Waals surface area contributed by atoms with Gasteiger partial charge < -0.3 is 19.9 Å². The van der Waals surface area contributed by atoms with E-state index in [0.717, 1.165) is 24.5 Å². The summed E-state index contributed by atoms with van der Waals surface area (Å²) in [5.41, 5.74) is 8.10. The molecule has 4 rings (SSSR count). The van der Waals surface area contributed by atoms with Crippen molar-refractivity contribution in [2.75, 3.05) is 23.7 Å². The van der Waals surface area contributed by atoms with Crippen molar-refractivity contribution in [2.24, 2.45) is 0 Å². The first-order chi connectivity index (χ1) is 13.9. The Morgan fingerprint density at radius 3 is 2.83 bits per heavy atom. The molecule has 3 N–H and O–H groups in total. The predicted molar refractivity (Wildman–Crippen MR) is 111 cm³/mol. The van der Waals surface area contributed by atoms with Crippen molar-refractivity contribution >= 4 is 17.2 Å². The van der Waals surface area contributed by atoms with E-state index in [1.807, 2.05) is 26.8 Å². The minimum atomic E-state index is -0.0114. The van der Waals surface area contributed by atoms with Gasteiger partial charge in [-0.05, 0) is 32.9 Å². The number of anilines is 2. The Morgan fingerprint density at radius 2 is 2.14 bits per heavy atom. The van der Waals surface area contributed by atoms with E-state index >= 15 is 0 Å². The van der Waals surface area contributed by atoms with Crippen molar-refractivity contribution in [3.63, 3.8) is 0 Å². The lowest BCUT2D eigenvalue weighted by molar-refractivity contribution is 0.232. The molecule has 0 radical (unpaired) electrons. The van der Waals surface area contributed by atoms with Crippen LogP contribution in [-0.2, 0) is 0 Å². The van der Waals surface area contributed by atoms with Crippen LogP contribution < -0.4 is 15.4 Å². The lowest BCUT2D eigenvalue weighted by Gasteiger charge is -2.38. The molecule has 1 aliphatic rings. The maximum Gasteiger partial charge on any atom is 0.233 e. The van der Waals surface area contributed by atoms with Gasteiger partial charge in [0.05, 0.1) is 29.6 Å². The van der Waals surface area contributed by atoms with E-state index in [1.54, 1.807) is 18.3 Å². The van der Waals surface area contributed by atoms with Gasteiger partial charge in [0.15, 0.2) is 5.82 Å². The summed E-state index contributed by atoms with van der Waals surface area (Å²) < 4.78 is 10.9. The van der Waals surface area contributed by atoms with Crippen molar-refractivity contribution in [2.45, 2.75) is 32.8 Å². The van der Waals surface area contributed by atoms with Crippen LogP contribution in [0.1, 0.15) is 44.0 Å². The van der Waals surface area contributed by atoms with E-state index in [4.69, 9.17) is 20.4 Å². The molecule has 0 amide bonds. The van der Waals surface area contributed by atoms with E-state index in [9.17, 15) is 0 Å². The molecule has 152 valence electrons. The minimum absolute atomic E-state index is 0. The summed E-state index contributed by atoms with van der Waals surface area (Å²) in [4.78, 5) is 15.0. The summed E-state index contributed by atoms with van der Waals surface area (Å²) in [7, 11) is 0. The van der Waals surface area contributed by atoms with Gasteiger partial charge >= 0.3 is 0 Å². The van der Waals surface area contributed by atoms with E-state index < -0.39 is 0 Å². The molecule has 0 aliphatic carbocycles. The van der Waals surface area contributed by atoms with Crippen molar-refractivity contribution in [3.8, 4) is 5.88 Å². The second kappa shape index (κ2) is 7.50. The zero-order valence-electron chi connectivity index (χ0n) is 16.6. The SMILES string of the molecule is Cc1noc(C2CN(c3cc(C(=N)c4cc(OC(C)C)ncc4N)ccn3)C2)n1.[HH]. The Morgan fingerprint density at radius 1 is 1.34 bits per heavy atom. The monoisotopic (exact) mass is 395 g/mol. The van der Waals surface area contributed by atoms with Gasteiger partial charge in [0.25, 0.3) is 0 Å². The Kier molecular flexibility index (Phi) is 4.87. The highest BCUT2D eigenvalue weighted by molar-refractivity contribution is 6.14. The van der Waals surface area contributed by atoms with Crippen LogP contribution in [0.2, 0.25) is 0 Å². The molecular formula is C20H25N7O2. The molecule has 9 nitrogen and oxygen atoms in total. The summed E-state index contributed by atoms with van der Waals surface area (Å²) >= 11 is 0. The average Bonchev–Trinajstić information content (AvgIpc) is 3.07. The number of hydrogen-bond donors (Lipinski definition) is 2. The molecule has 1 fully saturated rings. The van der Waals surface area contributed by atoms with Gasteiger partial charge in [0, 0.05) is 37.9 Å². The van der Waals surface area contributed by atoms with Crippen molar-refractivity contribution < 1.29 is 10.7 Å². The first-order valence-corrected chi connectivity index (χ1v) is 9.43. The van der Waals surface area contributed by atoms with Gasteiger partial charge in [-0.25, -0.2) is 9.97 Å². The molecule has 3 aromatic rings. The maximum absolute atomic E-state index is 8.64. The number of hydrogen-bond acceptors (Lipinski definition) is 9. The minimum Gasteiger partial charge on any atom is -0.475 e. The standard InChI is InChI=1S/C20H23N7O2.H2/c1-11(2)28-18-7-15(16(21)8-24-18)19(22)13-4-5-23-17(6-13)27-9-14(10-27)20-25-12(3)26-29-20;/h4-8,11,14,22H,9-10,21H2,1-3H3;1H. The van der Waals surface area contributed by atoms with Crippen LogP contribution in [0.4, 0.5) is 11.5 Å². The molecule has 0 atom stereocenters. The lowest BCUT2D eigenvalue weighted by Crippen LogP contribution is -2.45. The second-order valence-corrected chi connectivity index (χ2v) is 7.34. The number of aryl methyl sites for hydroxylation is 1. The van der Waals surface area contributed by atoms with Crippen LogP contribution in [-0.4, -0.2) is 45.0 Å². The van der Waals surface area contributed by atoms with Crippen LogP contribution in [0.3, 0.4) is 0 Å². The fourth-order valence-corrected chi connectivity index (χ4v) is 3.17. The van der Waals surface area contributed by atoms with Crippen LogP contribution >= 0.6 is 0 Å². The lowest BCUT2D eigenvalue weighted by atomic mass is 9.99. The van der Waals surface area contributed by atoms with Gasteiger partial charge in [-0.1, -0.05) is 5.16 Å². The molecule has 1 saturated heterocycles. The van der Waals surface area contributed by atoms with Gasteiger partial charge in [-0.15, -0.1) is 0 Å². The first kappa shape index (κ1) is 18.9. The summed E-state index contributed by atoms with van der Waals surface area (Å²) in [5.74, 6) is 2.75. The molecule has 3 aromatic heterocycles.